The van der Waals surface area contributed by atoms with Gasteiger partial charge in [-0.3, -0.25) is 10.1 Å². The lowest BCUT2D eigenvalue weighted by Crippen LogP contribution is -2.17. The monoisotopic (exact) mass is 350 g/mol. The van der Waals surface area contributed by atoms with Crippen molar-refractivity contribution in [3.8, 4) is 11.1 Å². The van der Waals surface area contributed by atoms with Gasteiger partial charge in [0, 0.05) is 11.3 Å². The molecule has 2 rings (SSSR count). The molecule has 126 valence electrons. The second-order valence-electron chi connectivity index (χ2n) is 4.87. The van der Waals surface area contributed by atoms with E-state index in [1.54, 1.807) is 30.3 Å². The van der Waals surface area contributed by atoms with Crippen molar-refractivity contribution in [1.82, 2.24) is 10.2 Å². The summed E-state index contributed by atoms with van der Waals surface area (Å²) in [5.41, 5.74) is 7.95. The number of amides is 1. The molecule has 1 aromatic carbocycles. The SMILES string of the molecule is COC(=O)Nc1ccc(-c2cc([C@@H](N)CC(=O)O)nnc2Cl)cc1. The van der Waals surface area contributed by atoms with E-state index < -0.39 is 18.1 Å². The quantitative estimate of drug-likeness (QED) is 0.755. The molecule has 0 spiro atoms. The lowest BCUT2D eigenvalue weighted by molar-refractivity contribution is -0.137. The van der Waals surface area contributed by atoms with E-state index in [1.165, 1.54) is 7.11 Å². The van der Waals surface area contributed by atoms with Crippen LogP contribution < -0.4 is 11.1 Å². The summed E-state index contributed by atoms with van der Waals surface area (Å²) in [6, 6.07) is 7.60. The molecule has 0 fully saturated rings. The number of carbonyl (C=O) groups excluding carboxylic acids is 1. The van der Waals surface area contributed by atoms with E-state index in [0.29, 0.717) is 22.5 Å². The third-order valence-corrected chi connectivity index (χ3v) is 3.45. The fraction of sp³-hybridized carbons (Fsp3) is 0.200. The fourth-order valence-corrected chi connectivity index (χ4v) is 2.17. The smallest absolute Gasteiger partial charge is 0.411 e. The van der Waals surface area contributed by atoms with Crippen LogP contribution in [0.3, 0.4) is 0 Å². The number of hydrogen-bond donors (Lipinski definition) is 3. The van der Waals surface area contributed by atoms with Crippen molar-refractivity contribution in [2.75, 3.05) is 12.4 Å². The van der Waals surface area contributed by atoms with Crippen molar-refractivity contribution >= 4 is 29.4 Å². The van der Waals surface area contributed by atoms with E-state index in [1.807, 2.05) is 0 Å². The zero-order valence-corrected chi connectivity index (χ0v) is 13.4. The minimum atomic E-state index is -1.03. The van der Waals surface area contributed by atoms with E-state index in [4.69, 9.17) is 22.4 Å². The molecule has 0 radical (unpaired) electrons. The van der Waals surface area contributed by atoms with E-state index in [-0.39, 0.29) is 11.6 Å². The van der Waals surface area contributed by atoms with Crippen LogP contribution in [0, 0.1) is 0 Å². The van der Waals surface area contributed by atoms with Crippen LogP contribution in [0.4, 0.5) is 10.5 Å². The molecule has 9 heteroatoms. The molecule has 0 aliphatic heterocycles. The summed E-state index contributed by atoms with van der Waals surface area (Å²) in [5.74, 6) is -1.03. The van der Waals surface area contributed by atoms with Gasteiger partial charge in [-0.15, -0.1) is 5.10 Å². The summed E-state index contributed by atoms with van der Waals surface area (Å²) in [6.45, 7) is 0. The Hall–Kier alpha value is -2.71. The molecule has 1 atom stereocenters. The first kappa shape index (κ1) is 17.6. The summed E-state index contributed by atoms with van der Waals surface area (Å²) >= 11 is 6.07. The summed E-state index contributed by atoms with van der Waals surface area (Å²) < 4.78 is 4.51. The average Bonchev–Trinajstić information content (AvgIpc) is 2.55. The number of carboxylic acid groups (broad SMARTS) is 1. The zero-order valence-electron chi connectivity index (χ0n) is 12.7. The summed E-state index contributed by atoms with van der Waals surface area (Å²) in [4.78, 5) is 21.9. The van der Waals surface area contributed by atoms with Crippen LogP contribution in [0.2, 0.25) is 5.15 Å². The Morgan fingerprint density at radius 1 is 1.33 bits per heavy atom. The molecule has 0 aliphatic rings. The maximum Gasteiger partial charge on any atom is 0.411 e. The molecule has 4 N–H and O–H groups in total. The second kappa shape index (κ2) is 7.71. The molecular weight excluding hydrogens is 336 g/mol. The summed E-state index contributed by atoms with van der Waals surface area (Å²) in [5, 5.41) is 19.2. The first-order chi connectivity index (χ1) is 11.4. The molecule has 1 aromatic heterocycles. The normalized spacial score (nSPS) is 11.6. The third-order valence-electron chi connectivity index (χ3n) is 3.17. The van der Waals surface area contributed by atoms with Crippen molar-refractivity contribution in [2.45, 2.75) is 12.5 Å². The van der Waals surface area contributed by atoms with Crippen LogP contribution in [0.25, 0.3) is 11.1 Å². The van der Waals surface area contributed by atoms with Gasteiger partial charge >= 0.3 is 12.1 Å². The number of ether oxygens (including phenoxy) is 1. The number of benzene rings is 1. The Labute approximate surface area is 142 Å². The summed E-state index contributed by atoms with van der Waals surface area (Å²) in [7, 11) is 1.27. The van der Waals surface area contributed by atoms with Crippen molar-refractivity contribution in [3.05, 3.63) is 41.2 Å². The minimum Gasteiger partial charge on any atom is -0.481 e. The molecule has 0 saturated heterocycles. The number of hydrogen-bond acceptors (Lipinski definition) is 6. The Morgan fingerprint density at radius 2 is 2.00 bits per heavy atom. The lowest BCUT2D eigenvalue weighted by atomic mass is 10.0. The van der Waals surface area contributed by atoms with Crippen LogP contribution >= 0.6 is 11.6 Å². The average molecular weight is 351 g/mol. The highest BCUT2D eigenvalue weighted by Gasteiger charge is 2.16. The van der Waals surface area contributed by atoms with Crippen LogP contribution in [-0.2, 0) is 9.53 Å². The Kier molecular flexibility index (Phi) is 5.67. The zero-order chi connectivity index (χ0) is 17.7. The second-order valence-corrected chi connectivity index (χ2v) is 5.23. The van der Waals surface area contributed by atoms with Gasteiger partial charge in [0.15, 0.2) is 5.15 Å². The van der Waals surface area contributed by atoms with Gasteiger partial charge in [-0.05, 0) is 23.8 Å². The standard InChI is InChI=1S/C15H15ClN4O4/c1-24-15(23)18-9-4-2-8(3-5-9)10-6-12(19-20-14(10)16)11(17)7-13(21)22/h2-6,11H,7,17H2,1H3,(H,18,23)(H,21,22)/t11-/m0/s1. The minimum absolute atomic E-state index is 0.162. The highest BCUT2D eigenvalue weighted by atomic mass is 35.5. The highest BCUT2D eigenvalue weighted by molar-refractivity contribution is 6.32. The lowest BCUT2D eigenvalue weighted by Gasteiger charge is -2.11. The number of methoxy groups -OCH3 is 1. The number of halogens is 1. The number of carbonyl (C=O) groups is 2. The predicted molar refractivity (Wildman–Crippen MR) is 87.7 cm³/mol. The Morgan fingerprint density at radius 3 is 2.58 bits per heavy atom. The number of anilines is 1. The highest BCUT2D eigenvalue weighted by Crippen LogP contribution is 2.29. The number of carboxylic acids is 1. The van der Waals surface area contributed by atoms with Crippen molar-refractivity contribution in [3.63, 3.8) is 0 Å². The molecule has 1 amide bonds. The van der Waals surface area contributed by atoms with E-state index in [9.17, 15) is 9.59 Å². The maximum atomic E-state index is 11.2. The van der Waals surface area contributed by atoms with Gasteiger partial charge in [-0.2, -0.15) is 5.10 Å². The third kappa shape index (κ3) is 4.40. The Bertz CT molecular complexity index is 752. The molecule has 0 aliphatic carbocycles. The first-order valence-electron chi connectivity index (χ1n) is 6.86. The van der Waals surface area contributed by atoms with Gasteiger partial charge in [0.2, 0.25) is 0 Å². The number of aromatic nitrogens is 2. The molecule has 8 nitrogen and oxygen atoms in total. The van der Waals surface area contributed by atoms with Crippen molar-refractivity contribution < 1.29 is 19.4 Å². The molecule has 0 unspecified atom stereocenters. The molecular formula is C15H15ClN4O4. The van der Waals surface area contributed by atoms with Crippen LogP contribution in [0.1, 0.15) is 18.2 Å². The number of aliphatic carboxylic acids is 1. The van der Waals surface area contributed by atoms with Crippen molar-refractivity contribution in [1.29, 1.82) is 0 Å². The van der Waals surface area contributed by atoms with E-state index in [0.717, 1.165) is 0 Å². The molecule has 2 aromatic rings. The number of nitrogens with one attached hydrogen (secondary N) is 1. The van der Waals surface area contributed by atoms with Gasteiger partial charge in [0.1, 0.15) is 0 Å². The number of nitrogens with zero attached hydrogens (tertiary/aromatic N) is 2. The van der Waals surface area contributed by atoms with Gasteiger partial charge in [0.25, 0.3) is 0 Å². The van der Waals surface area contributed by atoms with Crippen LogP contribution in [0.15, 0.2) is 30.3 Å². The molecule has 1 heterocycles. The van der Waals surface area contributed by atoms with Gasteiger partial charge in [0.05, 0.1) is 25.3 Å². The van der Waals surface area contributed by atoms with E-state index in [2.05, 4.69) is 20.3 Å². The predicted octanol–water partition coefficient (Wildman–Crippen LogP) is 2.45. The van der Waals surface area contributed by atoms with Gasteiger partial charge in [-0.1, -0.05) is 23.7 Å². The Balaban J connectivity index is 2.27. The van der Waals surface area contributed by atoms with Crippen LogP contribution in [0.5, 0.6) is 0 Å². The maximum absolute atomic E-state index is 11.2. The summed E-state index contributed by atoms with van der Waals surface area (Å²) in [6.07, 6.45) is -0.842. The number of nitrogens with two attached hydrogens (primary N) is 1. The van der Waals surface area contributed by atoms with Crippen molar-refractivity contribution in [2.24, 2.45) is 5.73 Å². The van der Waals surface area contributed by atoms with E-state index >= 15 is 0 Å². The van der Waals surface area contributed by atoms with Gasteiger partial charge in [-0.25, -0.2) is 4.79 Å². The fourth-order valence-electron chi connectivity index (χ4n) is 1.97. The first-order valence-corrected chi connectivity index (χ1v) is 7.24. The largest absolute Gasteiger partial charge is 0.481 e. The number of rotatable bonds is 5. The topological polar surface area (TPSA) is 127 Å². The van der Waals surface area contributed by atoms with Crippen LogP contribution in [-0.4, -0.2) is 34.5 Å². The molecule has 0 saturated carbocycles. The molecule has 0 bridgehead atoms. The molecule has 24 heavy (non-hydrogen) atoms. The van der Waals surface area contributed by atoms with Gasteiger partial charge < -0.3 is 15.6 Å².